The molecule has 1 aliphatic carbocycles. The van der Waals surface area contributed by atoms with Gasteiger partial charge in [0.1, 0.15) is 5.82 Å². The second-order valence-corrected chi connectivity index (χ2v) is 10.2. The molecular weight excluding hydrogens is 500 g/mol. The average Bonchev–Trinajstić information content (AvgIpc) is 3.40. The van der Waals surface area contributed by atoms with Crippen molar-refractivity contribution in [3.8, 4) is 0 Å². The first-order valence-electron chi connectivity index (χ1n) is 12.6. The Morgan fingerprint density at radius 1 is 1.08 bits per heavy atom. The van der Waals surface area contributed by atoms with E-state index in [1.165, 1.54) is 16.0 Å². The second-order valence-electron chi connectivity index (χ2n) is 10.2. The van der Waals surface area contributed by atoms with Gasteiger partial charge in [0.05, 0.1) is 22.8 Å². The molecule has 11 heteroatoms. The largest absolute Gasteiger partial charge is 0.401 e. The van der Waals surface area contributed by atoms with Crippen LogP contribution in [-0.2, 0) is 4.79 Å². The van der Waals surface area contributed by atoms with E-state index in [4.69, 9.17) is 16.6 Å². The van der Waals surface area contributed by atoms with Gasteiger partial charge >= 0.3 is 0 Å². The second kappa shape index (κ2) is 9.61. The first-order chi connectivity index (χ1) is 18.0. The fourth-order valence-corrected chi connectivity index (χ4v) is 5.76. The third kappa shape index (κ3) is 4.59. The SMILES string of the molecule is C/C(N)=C(\c1ccc2c(c1)nc([C@@H]1CCC(=O)N1c1ccc(F)c(F)c1)n2C1CCC(F)(F)CC1)N(C)N. The maximum atomic E-state index is 14.1. The molecule has 38 heavy (non-hydrogen) atoms. The van der Waals surface area contributed by atoms with E-state index >= 15 is 0 Å². The summed E-state index contributed by atoms with van der Waals surface area (Å²) < 4.78 is 57.8. The number of hydrogen-bond donors (Lipinski definition) is 2. The van der Waals surface area contributed by atoms with Crippen LogP contribution in [0.2, 0.25) is 0 Å². The fourth-order valence-electron chi connectivity index (χ4n) is 5.76. The van der Waals surface area contributed by atoms with Crippen LogP contribution in [0.5, 0.6) is 0 Å². The van der Waals surface area contributed by atoms with Gasteiger partial charge in [-0.05, 0) is 50.5 Å². The van der Waals surface area contributed by atoms with Gasteiger partial charge in [-0.3, -0.25) is 4.79 Å². The number of fused-ring (bicyclic) bond motifs is 1. The third-order valence-electron chi connectivity index (χ3n) is 7.46. The zero-order chi connectivity index (χ0) is 27.4. The van der Waals surface area contributed by atoms with Crippen LogP contribution in [0.4, 0.5) is 23.2 Å². The molecule has 7 nitrogen and oxygen atoms in total. The quantitative estimate of drug-likeness (QED) is 0.262. The van der Waals surface area contributed by atoms with Crippen LogP contribution in [0.15, 0.2) is 42.1 Å². The number of aromatic nitrogens is 2. The summed E-state index contributed by atoms with van der Waals surface area (Å²) in [5, 5.41) is 1.41. The molecule has 2 aromatic carbocycles. The number of anilines is 1. The van der Waals surface area contributed by atoms with Gasteiger partial charge in [-0.15, -0.1) is 0 Å². The number of hydrogen-bond acceptors (Lipinski definition) is 5. The summed E-state index contributed by atoms with van der Waals surface area (Å²) in [6.45, 7) is 1.74. The molecule has 2 aliphatic rings. The molecule has 5 rings (SSSR count). The number of benzene rings is 2. The van der Waals surface area contributed by atoms with Crippen LogP contribution in [0.3, 0.4) is 0 Å². The summed E-state index contributed by atoms with van der Waals surface area (Å²) in [6.07, 6.45) is 0.591. The van der Waals surface area contributed by atoms with E-state index in [1.54, 1.807) is 14.0 Å². The van der Waals surface area contributed by atoms with Crippen LogP contribution >= 0.6 is 0 Å². The molecule has 1 aromatic heterocycles. The van der Waals surface area contributed by atoms with Crippen LogP contribution < -0.4 is 16.5 Å². The molecule has 2 fully saturated rings. The van der Waals surface area contributed by atoms with Crippen molar-refractivity contribution in [2.75, 3.05) is 11.9 Å². The monoisotopic (exact) mass is 530 g/mol. The smallest absolute Gasteiger partial charge is 0.248 e. The first-order valence-corrected chi connectivity index (χ1v) is 12.6. The number of rotatable bonds is 5. The average molecular weight is 531 g/mol. The molecule has 0 bridgehead atoms. The Morgan fingerprint density at radius 3 is 2.42 bits per heavy atom. The van der Waals surface area contributed by atoms with E-state index in [9.17, 15) is 22.4 Å². The summed E-state index contributed by atoms with van der Waals surface area (Å²) >= 11 is 0. The van der Waals surface area contributed by atoms with Crippen LogP contribution in [-0.4, -0.2) is 33.4 Å². The maximum Gasteiger partial charge on any atom is 0.248 e. The molecule has 1 atom stereocenters. The minimum atomic E-state index is -2.72. The molecule has 4 N–H and O–H groups in total. The minimum absolute atomic E-state index is 0.193. The molecule has 1 amide bonds. The molecule has 1 aliphatic heterocycles. The Morgan fingerprint density at radius 2 is 1.79 bits per heavy atom. The highest BCUT2D eigenvalue weighted by atomic mass is 19.3. The number of allylic oxidation sites excluding steroid dienone is 1. The predicted molar refractivity (Wildman–Crippen MR) is 137 cm³/mol. The highest BCUT2D eigenvalue weighted by Gasteiger charge is 2.41. The lowest BCUT2D eigenvalue weighted by molar-refractivity contribution is -0.117. The van der Waals surface area contributed by atoms with Gasteiger partial charge in [-0.1, -0.05) is 6.07 Å². The summed E-state index contributed by atoms with van der Waals surface area (Å²) in [5.41, 5.74) is 9.47. The summed E-state index contributed by atoms with van der Waals surface area (Å²) in [6, 6.07) is 8.05. The van der Waals surface area contributed by atoms with Crippen molar-refractivity contribution < 1.29 is 22.4 Å². The zero-order valence-corrected chi connectivity index (χ0v) is 21.2. The number of amides is 1. The molecule has 202 valence electrons. The topological polar surface area (TPSA) is 93.4 Å². The van der Waals surface area contributed by atoms with Crippen LogP contribution in [0.25, 0.3) is 16.7 Å². The molecule has 3 aromatic rings. The van der Waals surface area contributed by atoms with E-state index < -0.39 is 23.6 Å². The summed E-state index contributed by atoms with van der Waals surface area (Å²) in [4.78, 5) is 19.3. The van der Waals surface area contributed by atoms with Gasteiger partial charge in [-0.25, -0.2) is 28.4 Å². The number of alkyl halides is 2. The first kappa shape index (κ1) is 26.0. The van der Waals surface area contributed by atoms with E-state index in [0.29, 0.717) is 29.2 Å². The Labute approximate surface area is 217 Å². The van der Waals surface area contributed by atoms with Crippen LogP contribution in [0, 0.1) is 11.6 Å². The number of carbonyl (C=O) groups is 1. The zero-order valence-electron chi connectivity index (χ0n) is 21.2. The number of nitrogens with zero attached hydrogens (tertiary/aromatic N) is 4. The Bertz CT molecular complexity index is 1420. The third-order valence-corrected chi connectivity index (χ3v) is 7.46. The van der Waals surface area contributed by atoms with E-state index in [1.807, 2.05) is 22.8 Å². The Hall–Kier alpha value is -3.60. The van der Waals surface area contributed by atoms with Gasteiger partial charge in [0, 0.05) is 55.4 Å². The molecule has 1 saturated carbocycles. The van der Waals surface area contributed by atoms with Gasteiger partial charge in [-0.2, -0.15) is 0 Å². The molecule has 0 spiro atoms. The van der Waals surface area contributed by atoms with Crippen molar-refractivity contribution in [1.82, 2.24) is 14.6 Å². The lowest BCUT2D eigenvalue weighted by atomic mass is 9.91. The lowest BCUT2D eigenvalue weighted by Crippen LogP contribution is -2.32. The van der Waals surface area contributed by atoms with Gasteiger partial charge in [0.25, 0.3) is 0 Å². The van der Waals surface area contributed by atoms with Crippen molar-refractivity contribution in [2.24, 2.45) is 11.6 Å². The predicted octanol–water partition coefficient (Wildman–Crippen LogP) is 5.39. The molecule has 1 saturated heterocycles. The number of hydrazine groups is 1. The lowest BCUT2D eigenvalue weighted by Gasteiger charge is -2.32. The van der Waals surface area contributed by atoms with Gasteiger partial charge in [0.15, 0.2) is 11.6 Å². The molecule has 0 unspecified atom stereocenters. The fraction of sp³-hybridized carbons (Fsp3) is 0.407. The number of imidazole rings is 1. The van der Waals surface area contributed by atoms with E-state index in [0.717, 1.165) is 23.2 Å². The van der Waals surface area contributed by atoms with E-state index in [2.05, 4.69) is 0 Å². The maximum absolute atomic E-state index is 14.1. The number of halogens is 4. The number of nitrogens with two attached hydrogens (primary N) is 2. The highest BCUT2D eigenvalue weighted by Crippen LogP contribution is 2.44. The van der Waals surface area contributed by atoms with Gasteiger partial charge in [0.2, 0.25) is 11.8 Å². The Balaban J connectivity index is 1.66. The Kier molecular flexibility index (Phi) is 6.58. The molecule has 2 heterocycles. The molecule has 0 radical (unpaired) electrons. The van der Waals surface area contributed by atoms with Crippen molar-refractivity contribution in [2.45, 2.75) is 63.5 Å². The van der Waals surface area contributed by atoms with E-state index in [-0.39, 0.29) is 49.7 Å². The summed E-state index contributed by atoms with van der Waals surface area (Å²) in [5.74, 6) is 1.50. The standard InChI is InChI=1S/C27H30F4N6O/c1-15(32)25(35(2)33)16-3-6-22-21(13-16)34-26(37(22)17-9-11-27(30,31)12-10-17)23-7-8-24(38)36(23)18-4-5-19(28)20(29)14-18/h3-6,13-14,17,23H,7-12,32-33H2,1-2H3/b25-15-/t23-/m0/s1. The number of carbonyl (C=O) groups excluding carboxylic acids is 1. The van der Waals surface area contributed by atoms with Crippen molar-refractivity contribution in [3.63, 3.8) is 0 Å². The summed E-state index contributed by atoms with van der Waals surface area (Å²) in [7, 11) is 1.67. The highest BCUT2D eigenvalue weighted by molar-refractivity contribution is 5.96. The van der Waals surface area contributed by atoms with Crippen molar-refractivity contribution >= 4 is 28.3 Å². The molecular formula is C27H30F4N6O. The van der Waals surface area contributed by atoms with Crippen molar-refractivity contribution in [3.05, 3.63) is 65.1 Å². The van der Waals surface area contributed by atoms with Crippen molar-refractivity contribution in [1.29, 1.82) is 0 Å². The normalized spacial score (nSPS) is 20.8. The van der Waals surface area contributed by atoms with Gasteiger partial charge < -0.3 is 20.2 Å². The van der Waals surface area contributed by atoms with Crippen LogP contribution in [0.1, 0.15) is 68.9 Å². The minimum Gasteiger partial charge on any atom is -0.401 e.